The van der Waals surface area contributed by atoms with E-state index in [1.807, 2.05) is 0 Å². The topological polar surface area (TPSA) is 9.23 Å². The molecule has 2 heteroatoms. The Labute approximate surface area is 76.7 Å². The summed E-state index contributed by atoms with van der Waals surface area (Å²) in [7, 11) is 2.22. The van der Waals surface area contributed by atoms with Gasteiger partial charge in [-0.1, -0.05) is 38.1 Å². The molecular formula is C10H14OSi. The van der Waals surface area contributed by atoms with Crippen LogP contribution in [0.4, 0.5) is 0 Å². The first-order chi connectivity index (χ1) is 5.75. The van der Waals surface area contributed by atoms with Crippen molar-refractivity contribution < 1.29 is 4.43 Å². The molecular weight excluding hydrogens is 164 g/mol. The Balaban J connectivity index is 2.92. The largest absolute Gasteiger partial charge is 0.415 e. The van der Waals surface area contributed by atoms with Crippen LogP contribution < -0.4 is 5.19 Å². The van der Waals surface area contributed by atoms with Crippen LogP contribution in [0, 0.1) is 0 Å². The van der Waals surface area contributed by atoms with Crippen molar-refractivity contribution in [3.63, 3.8) is 0 Å². The van der Waals surface area contributed by atoms with Crippen molar-refractivity contribution in [2.75, 3.05) is 7.11 Å². The van der Waals surface area contributed by atoms with Crippen molar-refractivity contribution in [1.82, 2.24) is 0 Å². The summed E-state index contributed by atoms with van der Waals surface area (Å²) in [5, 5.41) is 1.33. The van der Waals surface area contributed by atoms with Crippen LogP contribution in [0.15, 0.2) is 24.3 Å². The normalized spacial score (nSPS) is 10.7. The third-order valence-electron chi connectivity index (χ3n) is 1.79. The summed E-state index contributed by atoms with van der Waals surface area (Å²) in [6.45, 7) is 4.41. The van der Waals surface area contributed by atoms with Crippen molar-refractivity contribution in [3.8, 4) is 0 Å². The molecule has 0 aliphatic carbocycles. The van der Waals surface area contributed by atoms with Crippen LogP contribution in [0.25, 0.3) is 0 Å². The molecule has 0 amide bonds. The van der Waals surface area contributed by atoms with E-state index in [0.717, 1.165) is 0 Å². The van der Waals surface area contributed by atoms with Crippen LogP contribution in [0.3, 0.4) is 0 Å². The smallest absolute Gasteiger partial charge is 0.268 e. The summed E-state index contributed by atoms with van der Waals surface area (Å²) in [6.07, 6.45) is 0. The second-order valence-electron chi connectivity index (χ2n) is 3.05. The van der Waals surface area contributed by atoms with Gasteiger partial charge in [0, 0.05) is 7.11 Å². The number of rotatable bonds is 3. The lowest BCUT2D eigenvalue weighted by atomic mass is 10.0. The van der Waals surface area contributed by atoms with Gasteiger partial charge in [0.05, 0.1) is 0 Å². The summed E-state index contributed by atoms with van der Waals surface area (Å²) in [6, 6.07) is 8.45. The summed E-state index contributed by atoms with van der Waals surface area (Å²) in [5.41, 5.74) is 1.40. The lowest BCUT2D eigenvalue weighted by Gasteiger charge is -2.09. The van der Waals surface area contributed by atoms with Gasteiger partial charge in [-0.3, -0.25) is 0 Å². The third-order valence-corrected chi connectivity index (χ3v) is 2.67. The molecule has 0 saturated carbocycles. The summed E-state index contributed by atoms with van der Waals surface area (Å²) in [5.74, 6) is 0.587. The molecule has 1 aromatic carbocycles. The molecule has 0 unspecified atom stereocenters. The lowest BCUT2D eigenvalue weighted by Crippen LogP contribution is -2.21. The van der Waals surface area contributed by atoms with E-state index in [1.165, 1.54) is 10.8 Å². The first-order valence-corrected chi connectivity index (χ1v) is 5.04. The Hall–Kier alpha value is -0.603. The molecule has 0 fully saturated rings. The van der Waals surface area contributed by atoms with Gasteiger partial charge in [0.25, 0.3) is 9.76 Å². The maximum absolute atomic E-state index is 5.15. The minimum absolute atomic E-state index is 0.479. The van der Waals surface area contributed by atoms with E-state index in [0.29, 0.717) is 15.7 Å². The molecule has 0 bridgehead atoms. The van der Waals surface area contributed by atoms with E-state index >= 15 is 0 Å². The molecule has 12 heavy (non-hydrogen) atoms. The van der Waals surface area contributed by atoms with E-state index in [-0.39, 0.29) is 0 Å². The quantitative estimate of drug-likeness (QED) is 0.640. The number of benzene rings is 1. The van der Waals surface area contributed by atoms with Gasteiger partial charge in [0.1, 0.15) is 0 Å². The predicted molar refractivity (Wildman–Crippen MR) is 52.9 cm³/mol. The SMILES string of the molecule is CO[Si]c1ccccc1C(C)C. The highest BCUT2D eigenvalue weighted by atomic mass is 28.2. The molecule has 64 valence electrons. The van der Waals surface area contributed by atoms with Crippen molar-refractivity contribution in [2.24, 2.45) is 0 Å². The third kappa shape index (κ3) is 2.19. The summed E-state index contributed by atoms with van der Waals surface area (Å²) in [4.78, 5) is 0. The average molecular weight is 178 g/mol. The van der Waals surface area contributed by atoms with Crippen LogP contribution in [-0.4, -0.2) is 16.9 Å². The second kappa shape index (κ2) is 4.43. The molecule has 0 aliphatic heterocycles. The van der Waals surface area contributed by atoms with Gasteiger partial charge in [-0.2, -0.15) is 0 Å². The zero-order valence-electron chi connectivity index (χ0n) is 7.79. The van der Waals surface area contributed by atoms with Crippen molar-refractivity contribution in [2.45, 2.75) is 19.8 Å². The van der Waals surface area contributed by atoms with E-state index in [4.69, 9.17) is 4.43 Å². The highest BCUT2D eigenvalue weighted by molar-refractivity contribution is 6.47. The first kappa shape index (κ1) is 9.48. The highest BCUT2D eigenvalue weighted by Crippen LogP contribution is 2.10. The fourth-order valence-corrected chi connectivity index (χ4v) is 2.08. The van der Waals surface area contributed by atoms with Gasteiger partial charge in [0.2, 0.25) is 0 Å². The van der Waals surface area contributed by atoms with Gasteiger partial charge in [-0.05, 0) is 16.7 Å². The minimum atomic E-state index is 0.479. The van der Waals surface area contributed by atoms with E-state index in [1.54, 1.807) is 7.11 Å². The Morgan fingerprint density at radius 1 is 1.25 bits per heavy atom. The van der Waals surface area contributed by atoms with Gasteiger partial charge in [-0.25, -0.2) is 0 Å². The van der Waals surface area contributed by atoms with Crippen molar-refractivity contribution in [3.05, 3.63) is 29.8 Å². The molecule has 1 rings (SSSR count). The van der Waals surface area contributed by atoms with E-state index < -0.39 is 0 Å². The van der Waals surface area contributed by atoms with Gasteiger partial charge in [0.15, 0.2) is 0 Å². The zero-order chi connectivity index (χ0) is 8.97. The van der Waals surface area contributed by atoms with E-state index in [9.17, 15) is 0 Å². The maximum atomic E-state index is 5.15. The fourth-order valence-electron chi connectivity index (χ4n) is 1.20. The Morgan fingerprint density at radius 2 is 1.92 bits per heavy atom. The fraction of sp³-hybridized carbons (Fsp3) is 0.400. The van der Waals surface area contributed by atoms with E-state index in [2.05, 4.69) is 38.1 Å². The number of hydrogen-bond donors (Lipinski definition) is 0. The highest BCUT2D eigenvalue weighted by Gasteiger charge is 2.05. The Kier molecular flexibility index (Phi) is 3.50. The molecule has 0 atom stereocenters. The Morgan fingerprint density at radius 3 is 2.50 bits per heavy atom. The molecule has 1 nitrogen and oxygen atoms in total. The minimum Gasteiger partial charge on any atom is -0.415 e. The molecule has 2 radical (unpaired) electrons. The van der Waals surface area contributed by atoms with Crippen LogP contribution >= 0.6 is 0 Å². The van der Waals surface area contributed by atoms with Gasteiger partial charge in [-0.15, -0.1) is 0 Å². The molecule has 0 aliphatic rings. The van der Waals surface area contributed by atoms with Crippen LogP contribution in [-0.2, 0) is 4.43 Å². The van der Waals surface area contributed by atoms with Gasteiger partial charge < -0.3 is 4.43 Å². The maximum Gasteiger partial charge on any atom is 0.268 e. The average Bonchev–Trinajstić information content (AvgIpc) is 2.05. The predicted octanol–water partition coefficient (Wildman–Crippen LogP) is 1.70. The van der Waals surface area contributed by atoms with Gasteiger partial charge >= 0.3 is 0 Å². The summed E-state index contributed by atoms with van der Waals surface area (Å²) < 4.78 is 5.15. The monoisotopic (exact) mass is 178 g/mol. The number of hydrogen-bond acceptors (Lipinski definition) is 1. The molecule has 0 spiro atoms. The molecule has 0 heterocycles. The van der Waals surface area contributed by atoms with Crippen molar-refractivity contribution >= 4 is 14.9 Å². The van der Waals surface area contributed by atoms with Crippen LogP contribution in [0.2, 0.25) is 0 Å². The molecule has 0 N–H and O–H groups in total. The molecule has 0 saturated heterocycles. The standard InChI is InChI=1S/C10H14OSi/c1-8(2)9-6-4-5-7-10(9)12-11-3/h4-8H,1-3H3. The lowest BCUT2D eigenvalue weighted by molar-refractivity contribution is 0.450. The molecule has 1 aromatic rings. The molecule has 0 aromatic heterocycles. The van der Waals surface area contributed by atoms with Crippen LogP contribution in [0.5, 0.6) is 0 Å². The zero-order valence-corrected chi connectivity index (χ0v) is 8.79. The first-order valence-electron chi connectivity index (χ1n) is 4.13. The second-order valence-corrected chi connectivity index (χ2v) is 4.20. The summed E-state index contributed by atoms with van der Waals surface area (Å²) >= 11 is 0. The van der Waals surface area contributed by atoms with Crippen molar-refractivity contribution in [1.29, 1.82) is 0 Å². The van der Waals surface area contributed by atoms with Crippen LogP contribution in [0.1, 0.15) is 25.3 Å². The Bertz CT molecular complexity index is 245.